The van der Waals surface area contributed by atoms with Gasteiger partial charge in [0.15, 0.2) is 0 Å². The van der Waals surface area contributed by atoms with E-state index in [0.29, 0.717) is 0 Å². The van der Waals surface area contributed by atoms with Crippen LogP contribution in [0.2, 0.25) is 0 Å². The van der Waals surface area contributed by atoms with Gasteiger partial charge in [-0.15, -0.1) is 12.4 Å². The van der Waals surface area contributed by atoms with E-state index in [0.717, 1.165) is 28.5 Å². The molecule has 0 spiro atoms. The summed E-state index contributed by atoms with van der Waals surface area (Å²) in [5, 5.41) is 5.18. The Hall–Kier alpha value is -3.19. The summed E-state index contributed by atoms with van der Waals surface area (Å²) in [6.07, 6.45) is 0.846. The number of benzene rings is 4. The van der Waals surface area contributed by atoms with E-state index in [4.69, 9.17) is 9.72 Å². The highest BCUT2D eigenvalue weighted by molar-refractivity contribution is 7.95. The van der Waals surface area contributed by atoms with Gasteiger partial charge in [0.1, 0.15) is 40.6 Å². The number of nitrogens with zero attached hydrogens (tertiary/aromatic N) is 1. The van der Waals surface area contributed by atoms with E-state index in [1.165, 1.54) is 15.9 Å². The van der Waals surface area contributed by atoms with Gasteiger partial charge in [-0.05, 0) is 48.5 Å². The lowest BCUT2D eigenvalue weighted by Crippen LogP contribution is -2.32. The quantitative estimate of drug-likeness (QED) is 0.277. The van der Waals surface area contributed by atoms with Gasteiger partial charge in [0.05, 0.1) is 12.8 Å². The van der Waals surface area contributed by atoms with Crippen molar-refractivity contribution < 1.29 is 4.74 Å². The lowest BCUT2D eigenvalue weighted by atomic mass is 10.2. The SMILES string of the molecule is COc1cccc2ccc(C[P+](c3ccccc3)(c3ccccc3)c3ccccc3)nc12.Cl. The number of hydrogen-bond donors (Lipinski definition) is 0. The van der Waals surface area contributed by atoms with Crippen molar-refractivity contribution >= 4 is 46.5 Å². The summed E-state index contributed by atoms with van der Waals surface area (Å²) in [5.74, 6) is 0.812. The molecule has 33 heavy (non-hydrogen) atoms. The van der Waals surface area contributed by atoms with Gasteiger partial charge in [-0.25, -0.2) is 4.98 Å². The largest absolute Gasteiger partial charge is 0.494 e. The summed E-state index contributed by atoms with van der Waals surface area (Å²) in [6.45, 7) is 0. The van der Waals surface area contributed by atoms with Gasteiger partial charge < -0.3 is 4.74 Å². The van der Waals surface area contributed by atoms with Crippen LogP contribution in [0.1, 0.15) is 5.69 Å². The maximum absolute atomic E-state index is 5.61. The van der Waals surface area contributed by atoms with E-state index in [2.05, 4.69) is 109 Å². The van der Waals surface area contributed by atoms with E-state index < -0.39 is 7.26 Å². The fourth-order valence-corrected chi connectivity index (χ4v) is 8.57. The molecule has 0 saturated carbocycles. The minimum atomic E-state index is -1.98. The van der Waals surface area contributed by atoms with Crippen LogP contribution in [0.25, 0.3) is 10.9 Å². The van der Waals surface area contributed by atoms with Crippen molar-refractivity contribution in [1.29, 1.82) is 0 Å². The number of rotatable bonds is 6. The van der Waals surface area contributed by atoms with Crippen molar-refractivity contribution in [2.24, 2.45) is 0 Å². The molecule has 0 saturated heterocycles. The highest BCUT2D eigenvalue weighted by Gasteiger charge is 2.45. The van der Waals surface area contributed by atoms with Crippen molar-refractivity contribution in [3.63, 3.8) is 0 Å². The molecule has 0 fully saturated rings. The summed E-state index contributed by atoms with van der Waals surface area (Å²) in [5.41, 5.74) is 1.99. The van der Waals surface area contributed by atoms with Crippen LogP contribution in [0.15, 0.2) is 121 Å². The van der Waals surface area contributed by atoms with Gasteiger partial charge in [0.2, 0.25) is 0 Å². The minimum absolute atomic E-state index is 0. The van der Waals surface area contributed by atoms with Crippen LogP contribution in [-0.4, -0.2) is 12.1 Å². The first-order valence-electron chi connectivity index (χ1n) is 10.8. The van der Waals surface area contributed by atoms with E-state index in [1.807, 2.05) is 12.1 Å². The van der Waals surface area contributed by atoms with Crippen LogP contribution >= 0.6 is 19.7 Å². The second-order valence-electron chi connectivity index (χ2n) is 7.81. The molecule has 1 heterocycles. The van der Waals surface area contributed by atoms with Crippen LogP contribution in [-0.2, 0) is 6.16 Å². The second-order valence-corrected chi connectivity index (χ2v) is 11.3. The highest BCUT2D eigenvalue weighted by atomic mass is 35.5. The maximum Gasteiger partial charge on any atom is 0.145 e. The Labute approximate surface area is 202 Å². The van der Waals surface area contributed by atoms with Gasteiger partial charge in [-0.3, -0.25) is 0 Å². The Balaban J connectivity index is 0.00000259. The minimum Gasteiger partial charge on any atom is -0.494 e. The predicted molar refractivity (Wildman–Crippen MR) is 144 cm³/mol. The molecule has 1 aromatic heterocycles. The van der Waals surface area contributed by atoms with Crippen molar-refractivity contribution in [3.05, 3.63) is 127 Å². The lowest BCUT2D eigenvalue weighted by molar-refractivity contribution is 0.419. The van der Waals surface area contributed by atoms with Crippen LogP contribution in [0.4, 0.5) is 0 Å². The Morgan fingerprint density at radius 3 is 1.61 bits per heavy atom. The monoisotopic (exact) mass is 470 g/mol. The number of fused-ring (bicyclic) bond motifs is 1. The van der Waals surface area contributed by atoms with Gasteiger partial charge in [-0.2, -0.15) is 0 Å². The lowest BCUT2D eigenvalue weighted by Gasteiger charge is -2.27. The standard InChI is InChI=1S/C29H25NOP.ClH/c1-31-28-19-11-12-23-20-21-24(30-29(23)28)22-32(25-13-5-2-6-14-25,26-15-7-3-8-16-26)27-17-9-4-10-18-27;/h2-21H,22H2,1H3;1H/q+1;. The Morgan fingerprint density at radius 1 is 0.606 bits per heavy atom. The molecule has 4 aromatic carbocycles. The third-order valence-electron chi connectivity index (χ3n) is 5.95. The van der Waals surface area contributed by atoms with Gasteiger partial charge in [0, 0.05) is 5.39 Å². The van der Waals surface area contributed by atoms with Crippen LogP contribution in [0.3, 0.4) is 0 Å². The number of para-hydroxylation sites is 1. The molecule has 0 bridgehead atoms. The zero-order chi connectivity index (χ0) is 21.8. The average molecular weight is 471 g/mol. The number of hydrogen-bond acceptors (Lipinski definition) is 2. The zero-order valence-electron chi connectivity index (χ0n) is 18.5. The normalized spacial score (nSPS) is 11.1. The third kappa shape index (κ3) is 4.37. The molecule has 0 aliphatic heterocycles. The molecule has 164 valence electrons. The smallest absolute Gasteiger partial charge is 0.145 e. The highest BCUT2D eigenvalue weighted by Crippen LogP contribution is 2.58. The molecule has 0 aliphatic carbocycles. The van der Waals surface area contributed by atoms with E-state index in [-0.39, 0.29) is 12.4 Å². The topological polar surface area (TPSA) is 22.1 Å². The zero-order valence-corrected chi connectivity index (χ0v) is 20.2. The summed E-state index contributed by atoms with van der Waals surface area (Å²) < 4.78 is 5.61. The van der Waals surface area contributed by atoms with Crippen molar-refractivity contribution in [2.45, 2.75) is 6.16 Å². The number of aromatic nitrogens is 1. The molecule has 5 aromatic rings. The summed E-state index contributed by atoms with van der Waals surface area (Å²) in [4.78, 5) is 5.11. The molecular formula is C29H26ClNOP+. The number of methoxy groups -OCH3 is 1. The van der Waals surface area contributed by atoms with Crippen LogP contribution < -0.4 is 20.7 Å². The molecule has 2 nitrogen and oxygen atoms in total. The van der Waals surface area contributed by atoms with Crippen molar-refractivity contribution in [1.82, 2.24) is 4.98 Å². The van der Waals surface area contributed by atoms with Crippen LogP contribution in [0, 0.1) is 0 Å². The maximum atomic E-state index is 5.61. The Morgan fingerprint density at radius 2 is 1.12 bits per heavy atom. The average Bonchev–Trinajstić information content (AvgIpc) is 2.88. The second kappa shape index (κ2) is 10.2. The first-order chi connectivity index (χ1) is 15.8. The number of ether oxygens (including phenoxy) is 1. The molecular weight excluding hydrogens is 445 g/mol. The van der Waals surface area contributed by atoms with Gasteiger partial charge in [0.25, 0.3) is 0 Å². The molecule has 0 radical (unpaired) electrons. The van der Waals surface area contributed by atoms with Gasteiger partial charge in [-0.1, -0.05) is 72.8 Å². The fraction of sp³-hybridized carbons (Fsp3) is 0.0690. The predicted octanol–water partition coefficient (Wildman–Crippen LogP) is 6.16. The molecule has 0 aliphatic rings. The first-order valence-corrected chi connectivity index (χ1v) is 12.8. The Kier molecular flexibility index (Phi) is 7.08. The van der Waals surface area contributed by atoms with Crippen molar-refractivity contribution in [2.75, 3.05) is 7.11 Å². The molecule has 0 N–H and O–H groups in total. The summed E-state index contributed by atoms with van der Waals surface area (Å²) >= 11 is 0. The number of pyridine rings is 1. The van der Waals surface area contributed by atoms with E-state index in [9.17, 15) is 0 Å². The van der Waals surface area contributed by atoms with E-state index >= 15 is 0 Å². The first kappa shape index (κ1) is 23.0. The Bertz CT molecular complexity index is 1230. The van der Waals surface area contributed by atoms with Crippen molar-refractivity contribution in [3.8, 4) is 5.75 Å². The molecule has 0 unspecified atom stereocenters. The van der Waals surface area contributed by atoms with Gasteiger partial charge >= 0.3 is 0 Å². The third-order valence-corrected chi connectivity index (χ3v) is 10.3. The molecule has 5 rings (SSSR count). The molecule has 0 atom stereocenters. The van der Waals surface area contributed by atoms with E-state index in [1.54, 1.807) is 7.11 Å². The summed E-state index contributed by atoms with van der Waals surface area (Å²) in [7, 11) is -0.273. The summed E-state index contributed by atoms with van der Waals surface area (Å²) in [6, 6.07) is 43.2. The molecule has 4 heteroatoms. The van der Waals surface area contributed by atoms with Crippen LogP contribution in [0.5, 0.6) is 5.75 Å². The molecule has 0 amide bonds. The fourth-order valence-electron chi connectivity index (χ4n) is 4.42. The number of halogens is 1.